The van der Waals surface area contributed by atoms with Crippen molar-refractivity contribution in [1.29, 1.82) is 0 Å². The van der Waals surface area contributed by atoms with Crippen LogP contribution in [0.4, 0.5) is 13.2 Å². The van der Waals surface area contributed by atoms with Gasteiger partial charge in [-0.15, -0.1) is 0 Å². The summed E-state index contributed by atoms with van der Waals surface area (Å²) < 4.78 is 38.3. The number of carbonyl (C=O) groups is 1. The lowest BCUT2D eigenvalue weighted by Gasteiger charge is -2.13. The zero-order valence-corrected chi connectivity index (χ0v) is 12.1. The van der Waals surface area contributed by atoms with E-state index in [4.69, 9.17) is 0 Å². The van der Waals surface area contributed by atoms with Gasteiger partial charge in [0.05, 0.1) is 11.1 Å². The highest BCUT2D eigenvalue weighted by Crippen LogP contribution is 2.31. The third kappa shape index (κ3) is 3.73. The summed E-state index contributed by atoms with van der Waals surface area (Å²) in [6.07, 6.45) is -2.44. The maximum Gasteiger partial charge on any atom is 0.416 e. The van der Waals surface area contributed by atoms with Crippen molar-refractivity contribution >= 4 is 21.8 Å². The maximum atomic E-state index is 12.6. The zero-order valence-electron chi connectivity index (χ0n) is 10.6. The van der Waals surface area contributed by atoms with Crippen molar-refractivity contribution in [2.24, 2.45) is 0 Å². The van der Waals surface area contributed by atoms with E-state index in [1.165, 1.54) is 6.07 Å². The van der Waals surface area contributed by atoms with E-state index in [2.05, 4.69) is 26.6 Å². The predicted molar refractivity (Wildman–Crippen MR) is 72.5 cm³/mol. The number of amides is 1. The molecule has 0 bridgehead atoms. The lowest BCUT2D eigenvalue weighted by molar-refractivity contribution is -0.137. The van der Waals surface area contributed by atoms with Gasteiger partial charge in [0.15, 0.2) is 0 Å². The van der Waals surface area contributed by atoms with Gasteiger partial charge in [0.2, 0.25) is 0 Å². The SMILES string of the molecule is O=C(NCC1CCCN1)c1cc(C(F)(F)F)ccc1Br. The van der Waals surface area contributed by atoms with Crippen LogP contribution in [0.15, 0.2) is 22.7 Å². The highest BCUT2D eigenvalue weighted by molar-refractivity contribution is 9.10. The standard InChI is InChI=1S/C13H14BrF3N2O/c14-11-4-3-8(13(15,16)17)6-10(11)12(20)19-7-9-2-1-5-18-9/h3-4,6,9,18H,1-2,5,7H2,(H,19,20). The highest BCUT2D eigenvalue weighted by atomic mass is 79.9. The summed E-state index contributed by atoms with van der Waals surface area (Å²) in [7, 11) is 0. The molecule has 1 amide bonds. The Hall–Kier alpha value is -1.08. The number of benzene rings is 1. The molecule has 0 aromatic heterocycles. The van der Waals surface area contributed by atoms with Crippen LogP contribution in [0.5, 0.6) is 0 Å². The van der Waals surface area contributed by atoms with Crippen LogP contribution in [0.25, 0.3) is 0 Å². The summed E-state index contributed by atoms with van der Waals surface area (Å²) in [5.41, 5.74) is -0.831. The molecule has 3 nitrogen and oxygen atoms in total. The second kappa shape index (κ2) is 6.13. The van der Waals surface area contributed by atoms with Crippen LogP contribution in [-0.4, -0.2) is 25.0 Å². The topological polar surface area (TPSA) is 41.1 Å². The summed E-state index contributed by atoms with van der Waals surface area (Å²) in [6.45, 7) is 1.33. The summed E-state index contributed by atoms with van der Waals surface area (Å²) in [5, 5.41) is 5.87. The third-order valence-electron chi connectivity index (χ3n) is 3.21. The molecule has 0 radical (unpaired) electrons. The van der Waals surface area contributed by atoms with Crippen molar-refractivity contribution in [3.8, 4) is 0 Å². The van der Waals surface area contributed by atoms with Crippen LogP contribution in [0.3, 0.4) is 0 Å². The minimum atomic E-state index is -4.46. The number of hydrogen-bond donors (Lipinski definition) is 2. The van der Waals surface area contributed by atoms with Gasteiger partial charge >= 0.3 is 6.18 Å². The summed E-state index contributed by atoms with van der Waals surface area (Å²) in [4.78, 5) is 12.0. The van der Waals surface area contributed by atoms with Gasteiger partial charge in [-0.2, -0.15) is 13.2 Å². The molecule has 1 saturated heterocycles. The average molecular weight is 351 g/mol. The molecule has 0 spiro atoms. The van der Waals surface area contributed by atoms with Gasteiger partial charge in [-0.05, 0) is 53.5 Å². The minimum absolute atomic E-state index is 0.00202. The summed E-state index contributed by atoms with van der Waals surface area (Å²) >= 11 is 3.11. The molecular weight excluding hydrogens is 337 g/mol. The predicted octanol–water partition coefficient (Wildman–Crippen LogP) is 2.95. The molecule has 20 heavy (non-hydrogen) atoms. The van der Waals surface area contributed by atoms with Crippen molar-refractivity contribution in [2.75, 3.05) is 13.1 Å². The smallest absolute Gasteiger partial charge is 0.350 e. The molecule has 0 aliphatic carbocycles. The normalized spacial score (nSPS) is 19.1. The molecule has 2 N–H and O–H groups in total. The summed E-state index contributed by atoms with van der Waals surface area (Å²) in [6, 6.07) is 3.25. The van der Waals surface area contributed by atoms with Crippen molar-refractivity contribution < 1.29 is 18.0 Å². The molecule has 1 unspecified atom stereocenters. The van der Waals surface area contributed by atoms with Gasteiger partial charge in [-0.25, -0.2) is 0 Å². The Bertz CT molecular complexity index is 499. The van der Waals surface area contributed by atoms with Gasteiger partial charge in [0.1, 0.15) is 0 Å². The minimum Gasteiger partial charge on any atom is -0.350 e. The number of rotatable bonds is 3. The fraction of sp³-hybridized carbons (Fsp3) is 0.462. The molecule has 1 aliphatic rings. The molecule has 1 fully saturated rings. The second-order valence-electron chi connectivity index (χ2n) is 4.70. The van der Waals surface area contributed by atoms with E-state index in [0.29, 0.717) is 11.0 Å². The molecular formula is C13H14BrF3N2O. The molecule has 110 valence electrons. The van der Waals surface area contributed by atoms with Crippen molar-refractivity contribution in [2.45, 2.75) is 25.1 Å². The van der Waals surface area contributed by atoms with Gasteiger partial charge in [0.25, 0.3) is 5.91 Å². The molecule has 1 aliphatic heterocycles. The monoisotopic (exact) mass is 350 g/mol. The van der Waals surface area contributed by atoms with Crippen LogP contribution in [0.2, 0.25) is 0 Å². The van der Waals surface area contributed by atoms with Crippen molar-refractivity contribution in [1.82, 2.24) is 10.6 Å². The van der Waals surface area contributed by atoms with E-state index >= 15 is 0 Å². The number of halogens is 4. The number of carbonyl (C=O) groups excluding carboxylic acids is 1. The fourth-order valence-electron chi connectivity index (χ4n) is 2.12. The average Bonchev–Trinajstić information content (AvgIpc) is 2.88. The zero-order chi connectivity index (χ0) is 14.8. The Balaban J connectivity index is 2.08. The third-order valence-corrected chi connectivity index (χ3v) is 3.90. The fourth-order valence-corrected chi connectivity index (χ4v) is 2.54. The molecule has 0 saturated carbocycles. The van der Waals surface area contributed by atoms with E-state index in [9.17, 15) is 18.0 Å². The van der Waals surface area contributed by atoms with Crippen LogP contribution in [-0.2, 0) is 6.18 Å². The first kappa shape index (κ1) is 15.3. The number of alkyl halides is 3. The van der Waals surface area contributed by atoms with E-state index in [1.54, 1.807) is 0 Å². The Morgan fingerprint density at radius 2 is 2.20 bits per heavy atom. The van der Waals surface area contributed by atoms with Crippen molar-refractivity contribution in [3.63, 3.8) is 0 Å². The largest absolute Gasteiger partial charge is 0.416 e. The van der Waals surface area contributed by atoms with Crippen LogP contribution in [0.1, 0.15) is 28.8 Å². The van der Waals surface area contributed by atoms with Gasteiger partial charge in [-0.3, -0.25) is 4.79 Å². The lowest BCUT2D eigenvalue weighted by atomic mass is 10.1. The maximum absolute atomic E-state index is 12.6. The van der Waals surface area contributed by atoms with Crippen LogP contribution >= 0.6 is 15.9 Å². The summed E-state index contributed by atoms with van der Waals surface area (Å²) in [5.74, 6) is -0.503. The molecule has 1 aromatic rings. The van der Waals surface area contributed by atoms with Crippen LogP contribution < -0.4 is 10.6 Å². The Labute approximate surface area is 123 Å². The van der Waals surface area contributed by atoms with E-state index in [0.717, 1.165) is 31.5 Å². The van der Waals surface area contributed by atoms with E-state index in [-0.39, 0.29) is 11.6 Å². The first-order chi connectivity index (χ1) is 9.38. The lowest BCUT2D eigenvalue weighted by Crippen LogP contribution is -2.37. The number of hydrogen-bond acceptors (Lipinski definition) is 2. The van der Waals surface area contributed by atoms with E-state index in [1.807, 2.05) is 0 Å². The van der Waals surface area contributed by atoms with E-state index < -0.39 is 17.6 Å². The van der Waals surface area contributed by atoms with Gasteiger partial charge < -0.3 is 10.6 Å². The molecule has 1 atom stereocenters. The Morgan fingerprint density at radius 3 is 2.80 bits per heavy atom. The first-order valence-corrected chi connectivity index (χ1v) is 7.05. The Kier molecular flexibility index (Phi) is 4.70. The molecule has 7 heteroatoms. The number of nitrogens with one attached hydrogen (secondary N) is 2. The quantitative estimate of drug-likeness (QED) is 0.879. The van der Waals surface area contributed by atoms with Crippen LogP contribution in [0, 0.1) is 0 Å². The highest BCUT2D eigenvalue weighted by Gasteiger charge is 2.31. The molecule has 1 heterocycles. The first-order valence-electron chi connectivity index (χ1n) is 6.26. The Morgan fingerprint density at radius 1 is 1.45 bits per heavy atom. The van der Waals surface area contributed by atoms with Gasteiger partial charge in [-0.1, -0.05) is 0 Å². The molecule has 2 rings (SSSR count). The second-order valence-corrected chi connectivity index (χ2v) is 5.55. The van der Waals surface area contributed by atoms with Gasteiger partial charge in [0, 0.05) is 17.1 Å². The van der Waals surface area contributed by atoms with Crippen molar-refractivity contribution in [3.05, 3.63) is 33.8 Å². The molecule has 1 aromatic carbocycles.